The van der Waals surface area contributed by atoms with E-state index >= 15 is 0 Å². The number of hydrogen-bond donors (Lipinski definition) is 1. The molecule has 0 aromatic heterocycles. The van der Waals surface area contributed by atoms with Gasteiger partial charge in [0.05, 0.1) is 5.69 Å². The van der Waals surface area contributed by atoms with Crippen LogP contribution in [0.25, 0.3) is 0 Å². The van der Waals surface area contributed by atoms with Crippen LogP contribution in [-0.4, -0.2) is 53.0 Å². The second-order valence-corrected chi connectivity index (χ2v) is 5.78. The van der Waals surface area contributed by atoms with Crippen molar-refractivity contribution >= 4 is 23.5 Å². The van der Waals surface area contributed by atoms with Crippen molar-refractivity contribution < 1.29 is 24.2 Å². The van der Waals surface area contributed by atoms with Gasteiger partial charge in [0.15, 0.2) is 6.61 Å². The molecule has 7 heteroatoms. The van der Waals surface area contributed by atoms with Crippen LogP contribution in [0.5, 0.6) is 5.75 Å². The SMILES string of the molecule is CC(C(=O)O)N(C(=O)CN1C(=O)COc2ccccc21)C1CC1. The van der Waals surface area contributed by atoms with Gasteiger partial charge in [-0.15, -0.1) is 0 Å². The minimum absolute atomic E-state index is 0.0417. The molecular formula is C16H18N2O5. The summed E-state index contributed by atoms with van der Waals surface area (Å²) < 4.78 is 5.34. The van der Waals surface area contributed by atoms with E-state index in [1.54, 1.807) is 24.3 Å². The van der Waals surface area contributed by atoms with Crippen molar-refractivity contribution in [3.8, 4) is 5.75 Å². The van der Waals surface area contributed by atoms with Crippen molar-refractivity contribution in [3.05, 3.63) is 24.3 Å². The number of fused-ring (bicyclic) bond motifs is 1. The molecular weight excluding hydrogens is 300 g/mol. The van der Waals surface area contributed by atoms with Crippen LogP contribution in [-0.2, 0) is 14.4 Å². The molecule has 0 saturated heterocycles. The third-order valence-electron chi connectivity index (χ3n) is 4.10. The fraction of sp³-hybridized carbons (Fsp3) is 0.438. The minimum atomic E-state index is -1.04. The molecule has 1 atom stereocenters. The third-order valence-corrected chi connectivity index (χ3v) is 4.10. The molecule has 0 spiro atoms. The highest BCUT2D eigenvalue weighted by molar-refractivity contribution is 6.02. The van der Waals surface area contributed by atoms with Gasteiger partial charge >= 0.3 is 5.97 Å². The largest absolute Gasteiger partial charge is 0.482 e. The van der Waals surface area contributed by atoms with Crippen molar-refractivity contribution in [2.24, 2.45) is 0 Å². The quantitative estimate of drug-likeness (QED) is 0.870. The Balaban J connectivity index is 1.81. The lowest BCUT2D eigenvalue weighted by molar-refractivity contribution is -0.149. The van der Waals surface area contributed by atoms with E-state index in [4.69, 9.17) is 4.74 Å². The Morgan fingerprint density at radius 2 is 2.09 bits per heavy atom. The summed E-state index contributed by atoms with van der Waals surface area (Å²) in [6.45, 7) is 1.20. The fourth-order valence-corrected chi connectivity index (χ4v) is 2.75. The zero-order valence-corrected chi connectivity index (χ0v) is 12.8. The van der Waals surface area contributed by atoms with E-state index in [2.05, 4.69) is 0 Å². The van der Waals surface area contributed by atoms with Gasteiger partial charge in [0.25, 0.3) is 5.91 Å². The van der Waals surface area contributed by atoms with Gasteiger partial charge in [0, 0.05) is 6.04 Å². The molecule has 1 aromatic rings. The fourth-order valence-electron chi connectivity index (χ4n) is 2.75. The Hall–Kier alpha value is -2.57. The highest BCUT2D eigenvalue weighted by Gasteiger charge is 2.40. The third kappa shape index (κ3) is 2.99. The molecule has 7 nitrogen and oxygen atoms in total. The second-order valence-electron chi connectivity index (χ2n) is 5.78. The number of anilines is 1. The number of carbonyl (C=O) groups is 3. The second kappa shape index (κ2) is 5.91. The number of ether oxygens (including phenoxy) is 1. The first-order valence-electron chi connectivity index (χ1n) is 7.55. The predicted molar refractivity (Wildman–Crippen MR) is 81.3 cm³/mol. The van der Waals surface area contributed by atoms with Gasteiger partial charge in [-0.3, -0.25) is 14.5 Å². The smallest absolute Gasteiger partial charge is 0.326 e. The van der Waals surface area contributed by atoms with Crippen LogP contribution in [0.4, 0.5) is 5.69 Å². The first-order valence-corrected chi connectivity index (χ1v) is 7.55. The molecule has 1 aromatic carbocycles. The number of carbonyl (C=O) groups excluding carboxylic acids is 2. The normalized spacial score (nSPS) is 18.0. The molecule has 1 heterocycles. The van der Waals surface area contributed by atoms with Gasteiger partial charge in [-0.2, -0.15) is 0 Å². The topological polar surface area (TPSA) is 87.2 Å². The van der Waals surface area contributed by atoms with Crippen LogP contribution < -0.4 is 9.64 Å². The number of rotatable bonds is 5. The molecule has 3 rings (SSSR count). The van der Waals surface area contributed by atoms with Crippen LogP contribution in [0, 0.1) is 0 Å². The molecule has 2 amide bonds. The summed E-state index contributed by atoms with van der Waals surface area (Å²) in [4.78, 5) is 38.7. The van der Waals surface area contributed by atoms with E-state index in [-0.39, 0.29) is 31.0 Å². The highest BCUT2D eigenvalue weighted by Crippen LogP contribution is 2.33. The molecule has 23 heavy (non-hydrogen) atoms. The maximum atomic E-state index is 12.6. The number of amides is 2. The molecule has 1 aliphatic heterocycles. The number of nitrogens with zero attached hydrogens (tertiary/aromatic N) is 2. The Labute approximate surface area is 133 Å². The minimum Gasteiger partial charge on any atom is -0.482 e. The van der Waals surface area contributed by atoms with Crippen LogP contribution in [0.2, 0.25) is 0 Å². The summed E-state index contributed by atoms with van der Waals surface area (Å²) in [6.07, 6.45) is 1.61. The van der Waals surface area contributed by atoms with Gasteiger partial charge in [-0.25, -0.2) is 4.79 Å². The molecule has 0 bridgehead atoms. The number of benzene rings is 1. The Bertz CT molecular complexity index is 656. The van der Waals surface area contributed by atoms with Gasteiger partial charge < -0.3 is 14.7 Å². The van der Waals surface area contributed by atoms with E-state index in [9.17, 15) is 19.5 Å². The van der Waals surface area contributed by atoms with Crippen LogP contribution in [0.1, 0.15) is 19.8 Å². The molecule has 2 aliphatic rings. The summed E-state index contributed by atoms with van der Waals surface area (Å²) in [5.74, 6) is -1.16. The Morgan fingerprint density at radius 3 is 2.74 bits per heavy atom. The molecule has 1 N–H and O–H groups in total. The lowest BCUT2D eigenvalue weighted by atomic mass is 10.2. The summed E-state index contributed by atoms with van der Waals surface area (Å²) in [5, 5.41) is 9.20. The van der Waals surface area contributed by atoms with Crippen LogP contribution in [0.3, 0.4) is 0 Å². The number of carboxylic acids is 1. The number of carboxylic acid groups (broad SMARTS) is 1. The number of aliphatic carboxylic acids is 1. The van der Waals surface area contributed by atoms with Gasteiger partial charge in [-0.1, -0.05) is 12.1 Å². The zero-order chi connectivity index (χ0) is 16.6. The summed E-state index contributed by atoms with van der Waals surface area (Å²) in [7, 11) is 0. The Kier molecular flexibility index (Phi) is 3.94. The lowest BCUT2D eigenvalue weighted by Gasteiger charge is -2.32. The number of para-hydroxylation sites is 2. The van der Waals surface area contributed by atoms with E-state index in [1.807, 2.05) is 0 Å². The molecule has 0 radical (unpaired) electrons. The summed E-state index contributed by atoms with van der Waals surface area (Å²) in [5.41, 5.74) is 0.538. The van der Waals surface area contributed by atoms with Crippen molar-refractivity contribution in [3.63, 3.8) is 0 Å². The van der Waals surface area contributed by atoms with E-state index in [1.165, 1.54) is 16.7 Å². The van der Waals surface area contributed by atoms with Gasteiger partial charge in [-0.05, 0) is 31.9 Å². The lowest BCUT2D eigenvalue weighted by Crippen LogP contribution is -2.51. The molecule has 1 saturated carbocycles. The van der Waals surface area contributed by atoms with E-state index in [0.29, 0.717) is 11.4 Å². The van der Waals surface area contributed by atoms with E-state index < -0.39 is 12.0 Å². The van der Waals surface area contributed by atoms with Crippen molar-refractivity contribution in [2.75, 3.05) is 18.1 Å². The first-order chi connectivity index (χ1) is 11.0. The maximum Gasteiger partial charge on any atom is 0.326 e. The molecule has 1 unspecified atom stereocenters. The van der Waals surface area contributed by atoms with E-state index in [0.717, 1.165) is 12.8 Å². The summed E-state index contributed by atoms with van der Waals surface area (Å²) >= 11 is 0. The maximum absolute atomic E-state index is 12.6. The van der Waals surface area contributed by atoms with Crippen molar-refractivity contribution in [1.82, 2.24) is 4.90 Å². The average molecular weight is 318 g/mol. The standard InChI is InChI=1S/C16H18N2O5/c1-10(16(21)22)18(11-6-7-11)14(19)8-17-12-4-2-3-5-13(12)23-9-15(17)20/h2-5,10-11H,6-9H2,1H3,(H,21,22). The number of hydrogen-bond acceptors (Lipinski definition) is 4. The van der Waals surface area contributed by atoms with Gasteiger partial charge in [0.1, 0.15) is 18.3 Å². The monoisotopic (exact) mass is 318 g/mol. The van der Waals surface area contributed by atoms with Gasteiger partial charge in [0.2, 0.25) is 5.91 Å². The molecule has 1 fully saturated rings. The zero-order valence-electron chi connectivity index (χ0n) is 12.8. The van der Waals surface area contributed by atoms with Crippen molar-refractivity contribution in [1.29, 1.82) is 0 Å². The molecule has 1 aliphatic carbocycles. The average Bonchev–Trinajstić information content (AvgIpc) is 3.35. The predicted octanol–water partition coefficient (Wildman–Crippen LogP) is 0.876. The first kappa shape index (κ1) is 15.3. The molecule has 122 valence electrons. The summed E-state index contributed by atoms with van der Waals surface area (Å²) in [6, 6.07) is 6.05. The van der Waals surface area contributed by atoms with Crippen molar-refractivity contribution in [2.45, 2.75) is 31.8 Å². The Morgan fingerprint density at radius 1 is 1.39 bits per heavy atom. The van der Waals surface area contributed by atoms with Crippen LogP contribution in [0.15, 0.2) is 24.3 Å². The highest BCUT2D eigenvalue weighted by atomic mass is 16.5. The van der Waals surface area contributed by atoms with Crippen LogP contribution >= 0.6 is 0 Å².